The standard InChI is InChI=1S/C18H17ClF3N3O3/c1-11(25-18(27)17-15(22)8-13(21)9-24-17)5-6-23-16(26)10-28-7-3-4-14(19)12(2)20/h3-4,7-9H,1-2,5-6,10H2,(H,23,26)(H,25,27)/b7-3+,14-4+. The van der Waals surface area contributed by atoms with Gasteiger partial charge in [-0.15, -0.1) is 0 Å². The zero-order valence-corrected chi connectivity index (χ0v) is 15.4. The van der Waals surface area contributed by atoms with E-state index in [1.54, 1.807) is 0 Å². The SMILES string of the molecule is C=C(CCNC(=O)CO/C=C/C=C(/Cl)C(=C)F)NC(=O)c1ncc(F)cc1F. The molecule has 0 saturated carbocycles. The Kier molecular flexibility index (Phi) is 9.52. The van der Waals surface area contributed by atoms with Gasteiger partial charge in [0.05, 0.1) is 17.5 Å². The Hall–Kier alpha value is -3.07. The van der Waals surface area contributed by atoms with Crippen molar-refractivity contribution in [3.63, 3.8) is 0 Å². The van der Waals surface area contributed by atoms with Crippen LogP contribution in [0.2, 0.25) is 0 Å². The van der Waals surface area contributed by atoms with Crippen molar-refractivity contribution in [2.75, 3.05) is 13.2 Å². The first kappa shape index (κ1) is 23.0. The summed E-state index contributed by atoms with van der Waals surface area (Å²) in [6.07, 6.45) is 4.52. The Morgan fingerprint density at radius 1 is 1.32 bits per heavy atom. The first-order valence-electron chi connectivity index (χ1n) is 7.76. The molecule has 1 aromatic rings. The molecular formula is C18H17ClF3N3O3. The zero-order chi connectivity index (χ0) is 21.1. The summed E-state index contributed by atoms with van der Waals surface area (Å²) in [4.78, 5) is 26.7. The molecule has 1 aromatic heterocycles. The summed E-state index contributed by atoms with van der Waals surface area (Å²) in [5, 5.41) is 4.61. The van der Waals surface area contributed by atoms with E-state index >= 15 is 0 Å². The van der Waals surface area contributed by atoms with Crippen LogP contribution in [0.5, 0.6) is 0 Å². The van der Waals surface area contributed by atoms with E-state index in [4.69, 9.17) is 16.3 Å². The van der Waals surface area contributed by atoms with E-state index in [2.05, 4.69) is 28.8 Å². The van der Waals surface area contributed by atoms with Crippen LogP contribution in [0.3, 0.4) is 0 Å². The van der Waals surface area contributed by atoms with Gasteiger partial charge < -0.3 is 15.4 Å². The Balaban J connectivity index is 2.29. The maximum Gasteiger partial charge on any atom is 0.277 e. The van der Waals surface area contributed by atoms with Crippen LogP contribution in [0.25, 0.3) is 0 Å². The Bertz CT molecular complexity index is 826. The second-order valence-electron chi connectivity index (χ2n) is 5.20. The molecule has 0 aliphatic rings. The van der Waals surface area contributed by atoms with E-state index in [9.17, 15) is 22.8 Å². The van der Waals surface area contributed by atoms with Crippen LogP contribution in [-0.2, 0) is 9.53 Å². The third-order valence-electron chi connectivity index (χ3n) is 2.95. The van der Waals surface area contributed by atoms with Crippen molar-refractivity contribution in [3.05, 3.63) is 77.7 Å². The number of nitrogens with zero attached hydrogens (tertiary/aromatic N) is 1. The highest BCUT2D eigenvalue weighted by atomic mass is 35.5. The number of ether oxygens (including phenoxy) is 1. The molecule has 0 aromatic carbocycles. The molecule has 6 nitrogen and oxygen atoms in total. The number of amides is 2. The van der Waals surface area contributed by atoms with Gasteiger partial charge in [-0.25, -0.2) is 18.2 Å². The molecule has 10 heteroatoms. The average molecular weight is 416 g/mol. The van der Waals surface area contributed by atoms with E-state index in [1.165, 1.54) is 12.2 Å². The molecule has 0 radical (unpaired) electrons. The van der Waals surface area contributed by atoms with Gasteiger partial charge in [-0.2, -0.15) is 0 Å². The van der Waals surface area contributed by atoms with E-state index < -0.39 is 35.0 Å². The molecule has 1 heterocycles. The van der Waals surface area contributed by atoms with Crippen LogP contribution in [0.15, 0.2) is 60.4 Å². The fourth-order valence-electron chi connectivity index (χ4n) is 1.66. The quantitative estimate of drug-likeness (QED) is 0.454. The van der Waals surface area contributed by atoms with Gasteiger partial charge in [-0.1, -0.05) is 24.8 Å². The summed E-state index contributed by atoms with van der Waals surface area (Å²) in [6.45, 7) is 6.39. The predicted octanol–water partition coefficient (Wildman–Crippen LogP) is 3.25. The third-order valence-corrected chi connectivity index (χ3v) is 3.28. The van der Waals surface area contributed by atoms with Gasteiger partial charge in [0.15, 0.2) is 18.1 Å². The fourth-order valence-corrected chi connectivity index (χ4v) is 1.73. The minimum atomic E-state index is -1.10. The van der Waals surface area contributed by atoms with Crippen LogP contribution < -0.4 is 10.6 Å². The molecule has 0 aliphatic heterocycles. The predicted molar refractivity (Wildman–Crippen MR) is 97.7 cm³/mol. The summed E-state index contributed by atoms with van der Waals surface area (Å²) < 4.78 is 43.7. The van der Waals surface area contributed by atoms with Gasteiger partial charge in [0.1, 0.15) is 11.6 Å². The molecule has 0 spiro atoms. The smallest absolute Gasteiger partial charge is 0.277 e. The second-order valence-corrected chi connectivity index (χ2v) is 5.61. The number of carbonyl (C=O) groups excluding carboxylic acids is 2. The fraction of sp³-hybridized carbons (Fsp3) is 0.167. The van der Waals surface area contributed by atoms with E-state index in [0.717, 1.165) is 6.26 Å². The number of nitrogens with one attached hydrogen (secondary N) is 2. The van der Waals surface area contributed by atoms with E-state index in [1.807, 2.05) is 0 Å². The highest BCUT2D eigenvalue weighted by Gasteiger charge is 2.15. The first-order valence-corrected chi connectivity index (χ1v) is 8.14. The summed E-state index contributed by atoms with van der Waals surface area (Å²) in [7, 11) is 0. The molecule has 0 atom stereocenters. The first-order chi connectivity index (χ1) is 13.2. The van der Waals surface area contributed by atoms with Crippen LogP contribution in [0.1, 0.15) is 16.9 Å². The normalized spacial score (nSPS) is 11.2. The van der Waals surface area contributed by atoms with Crippen LogP contribution in [0.4, 0.5) is 13.2 Å². The summed E-state index contributed by atoms with van der Waals surface area (Å²) in [6, 6.07) is 0.539. The van der Waals surface area contributed by atoms with Crippen LogP contribution >= 0.6 is 11.6 Å². The number of hydrogen-bond donors (Lipinski definition) is 2. The third kappa shape index (κ3) is 8.54. The van der Waals surface area contributed by atoms with Crippen molar-refractivity contribution in [2.24, 2.45) is 0 Å². The highest BCUT2D eigenvalue weighted by Crippen LogP contribution is 2.13. The number of aromatic nitrogens is 1. The van der Waals surface area contributed by atoms with Gasteiger partial charge in [0.25, 0.3) is 11.8 Å². The van der Waals surface area contributed by atoms with Crippen molar-refractivity contribution in [3.8, 4) is 0 Å². The van der Waals surface area contributed by atoms with Crippen LogP contribution in [0, 0.1) is 11.6 Å². The molecule has 150 valence electrons. The van der Waals surface area contributed by atoms with Gasteiger partial charge in [0.2, 0.25) is 0 Å². The number of pyridine rings is 1. The molecule has 0 fully saturated rings. The number of rotatable bonds is 10. The monoisotopic (exact) mass is 415 g/mol. The van der Waals surface area contributed by atoms with Crippen molar-refractivity contribution in [1.82, 2.24) is 15.6 Å². The number of allylic oxidation sites excluding steroid dienone is 4. The lowest BCUT2D eigenvalue weighted by Crippen LogP contribution is -2.30. The van der Waals surface area contributed by atoms with Gasteiger partial charge in [-0.3, -0.25) is 9.59 Å². The topological polar surface area (TPSA) is 80.3 Å². The van der Waals surface area contributed by atoms with Crippen molar-refractivity contribution in [1.29, 1.82) is 0 Å². The van der Waals surface area contributed by atoms with Gasteiger partial charge in [-0.05, 0) is 12.2 Å². The molecule has 1 rings (SSSR count). The lowest BCUT2D eigenvalue weighted by Gasteiger charge is -2.09. The van der Waals surface area contributed by atoms with Crippen molar-refractivity contribution < 1.29 is 27.5 Å². The number of carbonyl (C=O) groups is 2. The number of halogens is 4. The molecule has 0 saturated heterocycles. The van der Waals surface area contributed by atoms with Crippen LogP contribution in [-0.4, -0.2) is 29.9 Å². The second kappa shape index (κ2) is 11.6. The van der Waals surface area contributed by atoms with Crippen molar-refractivity contribution >= 4 is 23.4 Å². The maximum absolute atomic E-state index is 13.5. The molecule has 2 amide bonds. The minimum Gasteiger partial charge on any atom is -0.491 e. The zero-order valence-electron chi connectivity index (χ0n) is 14.6. The molecule has 0 bridgehead atoms. The lowest BCUT2D eigenvalue weighted by molar-refractivity contribution is -0.123. The average Bonchev–Trinajstić information content (AvgIpc) is 2.60. The molecular weight excluding hydrogens is 399 g/mol. The Labute approximate surface area is 164 Å². The summed E-state index contributed by atoms with van der Waals surface area (Å²) in [5.74, 6) is -4.14. The molecule has 0 unspecified atom stereocenters. The molecule has 28 heavy (non-hydrogen) atoms. The summed E-state index contributed by atoms with van der Waals surface area (Å²) in [5.41, 5.74) is -0.375. The van der Waals surface area contributed by atoms with Gasteiger partial charge >= 0.3 is 0 Å². The molecule has 0 aliphatic carbocycles. The number of hydrogen-bond acceptors (Lipinski definition) is 4. The summed E-state index contributed by atoms with van der Waals surface area (Å²) >= 11 is 5.47. The maximum atomic E-state index is 13.5. The molecule has 2 N–H and O–H groups in total. The van der Waals surface area contributed by atoms with Crippen molar-refractivity contribution in [2.45, 2.75) is 6.42 Å². The van der Waals surface area contributed by atoms with E-state index in [0.29, 0.717) is 12.3 Å². The largest absolute Gasteiger partial charge is 0.491 e. The minimum absolute atomic E-state index is 0.123. The van der Waals surface area contributed by atoms with Gasteiger partial charge in [0, 0.05) is 24.7 Å². The Morgan fingerprint density at radius 3 is 2.68 bits per heavy atom. The lowest BCUT2D eigenvalue weighted by atomic mass is 10.3. The Morgan fingerprint density at radius 2 is 2.04 bits per heavy atom. The van der Waals surface area contributed by atoms with E-state index in [-0.39, 0.29) is 30.3 Å². The highest BCUT2D eigenvalue weighted by molar-refractivity contribution is 6.31.